The van der Waals surface area contributed by atoms with Crippen LogP contribution < -0.4 is 5.84 Å². The summed E-state index contributed by atoms with van der Waals surface area (Å²) >= 11 is 0. The molecule has 0 aliphatic carbocycles. The van der Waals surface area contributed by atoms with Gasteiger partial charge >= 0.3 is 0 Å². The summed E-state index contributed by atoms with van der Waals surface area (Å²) in [5, 5.41) is 3.30. The highest BCUT2D eigenvalue weighted by Gasteiger charge is 1.73. The number of aliphatic imine (C=N–C) groups is 1. The number of hydrogen-bond acceptors (Lipinski definition) is 2. The second-order valence-electron chi connectivity index (χ2n) is 1.06. The van der Waals surface area contributed by atoms with Gasteiger partial charge in [0.1, 0.15) is 5.84 Å². The quantitative estimate of drug-likeness (QED) is 0.203. The molecule has 0 bridgehead atoms. The van der Waals surface area contributed by atoms with Crippen LogP contribution in [0.5, 0.6) is 0 Å². The van der Waals surface area contributed by atoms with Gasteiger partial charge in [-0.2, -0.15) is 5.10 Å². The lowest BCUT2D eigenvalue weighted by molar-refractivity contribution is 1.22. The van der Waals surface area contributed by atoms with Crippen LogP contribution in [0.3, 0.4) is 0 Å². The topological polar surface area (TPSA) is 50.7 Å². The van der Waals surface area contributed by atoms with E-state index < -0.39 is 0 Å². The third-order valence-electron chi connectivity index (χ3n) is 0.503. The molecule has 0 heterocycles. The third kappa shape index (κ3) is 2.96. The Bertz CT molecular complexity index is 93.1. The Hall–Kier alpha value is -0.860. The van der Waals surface area contributed by atoms with Crippen LogP contribution in [-0.2, 0) is 0 Å². The Morgan fingerprint density at radius 2 is 2.29 bits per heavy atom. The standard InChI is InChI=1S/C4H9N3/c1-3-6-4(2)7-5/h3H,5H2,1-2H3/b6-3?,7-4-. The van der Waals surface area contributed by atoms with Crippen molar-refractivity contribution in [2.24, 2.45) is 15.9 Å². The van der Waals surface area contributed by atoms with Gasteiger partial charge in [0, 0.05) is 6.21 Å². The van der Waals surface area contributed by atoms with Crippen molar-refractivity contribution in [2.45, 2.75) is 13.8 Å². The zero-order chi connectivity index (χ0) is 5.70. The van der Waals surface area contributed by atoms with Gasteiger partial charge in [-0.15, -0.1) is 0 Å². The van der Waals surface area contributed by atoms with Crippen LogP contribution in [0.4, 0.5) is 0 Å². The Morgan fingerprint density at radius 3 is 2.43 bits per heavy atom. The molecule has 0 rings (SSSR count). The number of nitrogens with two attached hydrogens (primary N) is 1. The molecule has 0 fully saturated rings. The minimum atomic E-state index is 0.600. The molecule has 0 unspecified atom stereocenters. The summed E-state index contributed by atoms with van der Waals surface area (Å²) in [5.41, 5.74) is 0. The van der Waals surface area contributed by atoms with Gasteiger partial charge < -0.3 is 5.84 Å². The van der Waals surface area contributed by atoms with Crippen LogP contribution >= 0.6 is 0 Å². The highest BCUT2D eigenvalue weighted by atomic mass is 15.2. The van der Waals surface area contributed by atoms with Crippen LogP contribution in [0.15, 0.2) is 10.1 Å². The molecule has 0 aliphatic rings. The molecular formula is C4H9N3. The van der Waals surface area contributed by atoms with Crippen LogP contribution in [0, 0.1) is 0 Å². The van der Waals surface area contributed by atoms with Crippen molar-refractivity contribution in [3.63, 3.8) is 0 Å². The first-order valence-electron chi connectivity index (χ1n) is 2.04. The second-order valence-corrected chi connectivity index (χ2v) is 1.06. The van der Waals surface area contributed by atoms with Crippen LogP contribution in [-0.4, -0.2) is 12.1 Å². The molecule has 2 N–H and O–H groups in total. The average molecular weight is 99.1 g/mol. The van der Waals surface area contributed by atoms with E-state index in [1.54, 1.807) is 13.1 Å². The molecule has 3 nitrogen and oxygen atoms in total. The van der Waals surface area contributed by atoms with Gasteiger partial charge in [0.15, 0.2) is 0 Å². The lowest BCUT2D eigenvalue weighted by Crippen LogP contribution is -1.90. The zero-order valence-electron chi connectivity index (χ0n) is 4.55. The van der Waals surface area contributed by atoms with E-state index in [0.717, 1.165) is 0 Å². The largest absolute Gasteiger partial charge is 0.322 e. The monoisotopic (exact) mass is 99.1 g/mol. The minimum absolute atomic E-state index is 0.600. The predicted molar refractivity (Wildman–Crippen MR) is 31.5 cm³/mol. The van der Waals surface area contributed by atoms with E-state index in [1.807, 2.05) is 6.92 Å². The van der Waals surface area contributed by atoms with Crippen LogP contribution in [0.2, 0.25) is 0 Å². The molecule has 0 aromatic rings. The molecule has 0 saturated carbocycles. The minimum Gasteiger partial charge on any atom is -0.322 e. The van der Waals surface area contributed by atoms with Crippen molar-refractivity contribution < 1.29 is 0 Å². The normalized spacial score (nSPS) is 13.1. The number of hydrazone groups is 1. The SMILES string of the molecule is CC=N/C(C)=N\N. The molecule has 0 spiro atoms. The van der Waals surface area contributed by atoms with Crippen LogP contribution in [0.1, 0.15) is 13.8 Å². The maximum Gasteiger partial charge on any atom is 0.144 e. The molecular weight excluding hydrogens is 90.1 g/mol. The van der Waals surface area contributed by atoms with Crippen molar-refractivity contribution in [2.75, 3.05) is 0 Å². The number of amidine groups is 1. The number of hydrogen-bond donors (Lipinski definition) is 1. The first-order valence-corrected chi connectivity index (χ1v) is 2.04. The highest BCUT2D eigenvalue weighted by Crippen LogP contribution is 1.69. The predicted octanol–water partition coefficient (Wildman–Crippen LogP) is 0.369. The maximum absolute atomic E-state index is 4.83. The van der Waals surface area contributed by atoms with Gasteiger partial charge in [0.05, 0.1) is 0 Å². The first-order chi connectivity index (χ1) is 3.31. The molecule has 7 heavy (non-hydrogen) atoms. The van der Waals surface area contributed by atoms with E-state index >= 15 is 0 Å². The fourth-order valence-corrected chi connectivity index (χ4v) is 0.220. The summed E-state index contributed by atoms with van der Waals surface area (Å²) in [7, 11) is 0. The molecule has 0 radical (unpaired) electrons. The lowest BCUT2D eigenvalue weighted by atomic mass is 10.7. The summed E-state index contributed by atoms with van der Waals surface area (Å²) in [6.45, 7) is 3.55. The molecule has 0 saturated heterocycles. The van der Waals surface area contributed by atoms with E-state index in [1.165, 1.54) is 0 Å². The van der Waals surface area contributed by atoms with Gasteiger partial charge in [0.25, 0.3) is 0 Å². The maximum atomic E-state index is 4.83. The molecule has 0 aromatic carbocycles. The zero-order valence-corrected chi connectivity index (χ0v) is 4.55. The average Bonchev–Trinajstić information content (AvgIpc) is 1.68. The van der Waals surface area contributed by atoms with Crippen molar-refractivity contribution >= 4 is 12.1 Å². The van der Waals surface area contributed by atoms with Gasteiger partial charge in [-0.05, 0) is 13.8 Å². The number of nitrogens with zero attached hydrogens (tertiary/aromatic N) is 2. The van der Waals surface area contributed by atoms with Gasteiger partial charge in [0.2, 0.25) is 0 Å². The van der Waals surface area contributed by atoms with E-state index in [-0.39, 0.29) is 0 Å². The summed E-state index contributed by atoms with van der Waals surface area (Å²) in [4.78, 5) is 3.74. The Kier molecular flexibility index (Phi) is 2.92. The summed E-state index contributed by atoms with van der Waals surface area (Å²) in [6, 6.07) is 0. The Balaban J connectivity index is 3.58. The lowest BCUT2D eigenvalue weighted by Gasteiger charge is -1.80. The summed E-state index contributed by atoms with van der Waals surface area (Å²) in [6.07, 6.45) is 1.64. The Morgan fingerprint density at radius 1 is 1.71 bits per heavy atom. The van der Waals surface area contributed by atoms with Gasteiger partial charge in [-0.1, -0.05) is 0 Å². The highest BCUT2D eigenvalue weighted by molar-refractivity contribution is 5.86. The molecule has 40 valence electrons. The van der Waals surface area contributed by atoms with Crippen molar-refractivity contribution in [3.8, 4) is 0 Å². The van der Waals surface area contributed by atoms with Gasteiger partial charge in [-0.25, -0.2) is 4.99 Å². The molecule has 0 aromatic heterocycles. The van der Waals surface area contributed by atoms with E-state index in [4.69, 9.17) is 5.84 Å². The van der Waals surface area contributed by atoms with E-state index in [9.17, 15) is 0 Å². The number of rotatable bonds is 0. The van der Waals surface area contributed by atoms with Gasteiger partial charge in [-0.3, -0.25) is 0 Å². The Labute approximate surface area is 42.9 Å². The summed E-state index contributed by atoms with van der Waals surface area (Å²) < 4.78 is 0. The fourth-order valence-electron chi connectivity index (χ4n) is 0.220. The van der Waals surface area contributed by atoms with Crippen molar-refractivity contribution in [1.82, 2.24) is 0 Å². The summed E-state index contributed by atoms with van der Waals surface area (Å²) in [5.74, 6) is 5.43. The van der Waals surface area contributed by atoms with Crippen molar-refractivity contribution in [1.29, 1.82) is 0 Å². The smallest absolute Gasteiger partial charge is 0.144 e. The van der Waals surface area contributed by atoms with Crippen LogP contribution in [0.25, 0.3) is 0 Å². The van der Waals surface area contributed by atoms with E-state index in [0.29, 0.717) is 5.84 Å². The first kappa shape index (κ1) is 6.14. The second kappa shape index (κ2) is 3.33. The third-order valence-corrected chi connectivity index (χ3v) is 0.503. The van der Waals surface area contributed by atoms with Crippen molar-refractivity contribution in [3.05, 3.63) is 0 Å². The molecule has 0 amide bonds. The van der Waals surface area contributed by atoms with E-state index in [2.05, 4.69) is 10.1 Å². The molecule has 0 atom stereocenters. The fraction of sp³-hybridized carbons (Fsp3) is 0.500. The molecule has 0 aliphatic heterocycles. The molecule has 3 heteroatoms.